The van der Waals surface area contributed by atoms with Gasteiger partial charge >= 0.3 is 5.97 Å². The molecule has 1 saturated heterocycles. The van der Waals surface area contributed by atoms with Crippen LogP contribution in [0.25, 0.3) is 0 Å². The van der Waals surface area contributed by atoms with Gasteiger partial charge in [-0.15, -0.1) is 0 Å². The molecule has 1 heterocycles. The normalized spacial score (nSPS) is 21.5. The monoisotopic (exact) mass is 276 g/mol. The molecule has 0 aliphatic carbocycles. The fraction of sp³-hybridized carbons (Fsp3) is 0.467. The van der Waals surface area contributed by atoms with Crippen LogP contribution in [0.15, 0.2) is 24.3 Å². The zero-order valence-electron chi connectivity index (χ0n) is 11.8. The van der Waals surface area contributed by atoms with Gasteiger partial charge in [0.2, 0.25) is 5.91 Å². The number of hydrogen-bond donors (Lipinski definition) is 2. The zero-order valence-corrected chi connectivity index (χ0v) is 11.8. The molecular weight excluding hydrogens is 256 g/mol. The number of carbonyl (C=O) groups excluding carboxylic acids is 2. The molecule has 1 aliphatic heterocycles. The van der Waals surface area contributed by atoms with Gasteiger partial charge < -0.3 is 15.4 Å². The van der Waals surface area contributed by atoms with Crippen LogP contribution in [0.3, 0.4) is 0 Å². The number of hydrogen-bond acceptors (Lipinski definition) is 4. The maximum atomic E-state index is 12.1. The van der Waals surface area contributed by atoms with E-state index >= 15 is 0 Å². The van der Waals surface area contributed by atoms with E-state index in [4.69, 9.17) is 4.74 Å². The van der Waals surface area contributed by atoms with Gasteiger partial charge in [0, 0.05) is 5.69 Å². The first-order valence-electron chi connectivity index (χ1n) is 6.93. The number of rotatable bonds is 4. The summed E-state index contributed by atoms with van der Waals surface area (Å²) < 4.78 is 4.94. The molecule has 0 radical (unpaired) electrons. The van der Waals surface area contributed by atoms with Gasteiger partial charge in [0.15, 0.2) is 0 Å². The summed E-state index contributed by atoms with van der Waals surface area (Å²) in [6.07, 6.45) is 1.00. The molecular formula is C15H20N2O3. The molecule has 0 aromatic heterocycles. The molecule has 1 aliphatic rings. The highest BCUT2D eigenvalue weighted by Gasteiger charge is 2.29. The average Bonchev–Trinajstić information content (AvgIpc) is 2.85. The molecule has 0 saturated carbocycles. The van der Waals surface area contributed by atoms with Crippen LogP contribution >= 0.6 is 0 Å². The molecule has 2 N–H and O–H groups in total. The van der Waals surface area contributed by atoms with Gasteiger partial charge in [0.25, 0.3) is 0 Å². The van der Waals surface area contributed by atoms with Gasteiger partial charge in [0.05, 0.1) is 18.2 Å². The third-order valence-corrected chi connectivity index (χ3v) is 3.46. The summed E-state index contributed by atoms with van der Waals surface area (Å²) in [4.78, 5) is 23.8. The second kappa shape index (κ2) is 6.52. The van der Waals surface area contributed by atoms with E-state index in [9.17, 15) is 9.59 Å². The van der Waals surface area contributed by atoms with Crippen LogP contribution in [0.1, 0.15) is 30.6 Å². The minimum Gasteiger partial charge on any atom is -0.462 e. The third-order valence-electron chi connectivity index (χ3n) is 3.46. The number of nitrogens with one attached hydrogen (secondary N) is 2. The Kier molecular flexibility index (Phi) is 4.74. The number of esters is 1. The molecule has 5 nitrogen and oxygen atoms in total. The maximum absolute atomic E-state index is 12.1. The lowest BCUT2D eigenvalue weighted by Gasteiger charge is -2.15. The highest BCUT2D eigenvalue weighted by Crippen LogP contribution is 2.17. The van der Waals surface area contributed by atoms with Crippen LogP contribution in [0.2, 0.25) is 0 Å². The zero-order chi connectivity index (χ0) is 14.5. The van der Waals surface area contributed by atoms with Crippen LogP contribution in [-0.4, -0.2) is 31.1 Å². The molecule has 1 aromatic carbocycles. The molecule has 2 unspecified atom stereocenters. The van der Waals surface area contributed by atoms with Gasteiger partial charge in [-0.25, -0.2) is 4.79 Å². The van der Waals surface area contributed by atoms with Crippen molar-refractivity contribution in [3.63, 3.8) is 0 Å². The van der Waals surface area contributed by atoms with E-state index in [1.54, 1.807) is 31.2 Å². The Bertz CT molecular complexity index is 502. The van der Waals surface area contributed by atoms with Gasteiger partial charge in [-0.05, 0) is 44.0 Å². The van der Waals surface area contributed by atoms with E-state index in [0.29, 0.717) is 23.8 Å². The average molecular weight is 276 g/mol. The molecule has 2 rings (SSSR count). The van der Waals surface area contributed by atoms with Crippen LogP contribution in [0.5, 0.6) is 0 Å². The van der Waals surface area contributed by atoms with E-state index < -0.39 is 0 Å². The van der Waals surface area contributed by atoms with Crippen molar-refractivity contribution in [2.75, 3.05) is 18.5 Å². The fourth-order valence-electron chi connectivity index (χ4n) is 2.34. The Morgan fingerprint density at radius 1 is 1.45 bits per heavy atom. The van der Waals surface area contributed by atoms with Gasteiger partial charge in [-0.1, -0.05) is 13.0 Å². The molecule has 0 bridgehead atoms. The van der Waals surface area contributed by atoms with E-state index in [2.05, 4.69) is 17.6 Å². The third kappa shape index (κ3) is 3.36. The molecule has 1 amide bonds. The molecule has 5 heteroatoms. The Hall–Kier alpha value is -1.88. The quantitative estimate of drug-likeness (QED) is 0.823. The van der Waals surface area contributed by atoms with Crippen LogP contribution in [-0.2, 0) is 9.53 Å². The van der Waals surface area contributed by atoms with Crippen molar-refractivity contribution < 1.29 is 14.3 Å². The lowest BCUT2D eigenvalue weighted by molar-refractivity contribution is -0.118. The smallest absolute Gasteiger partial charge is 0.338 e. The Morgan fingerprint density at radius 2 is 2.25 bits per heavy atom. The number of amides is 1. The SMILES string of the molecule is CCOC(=O)c1cccc(NC(=O)C2NCCC2C)c1. The van der Waals surface area contributed by atoms with Gasteiger partial charge in [0.1, 0.15) is 0 Å². The second-order valence-corrected chi connectivity index (χ2v) is 4.99. The van der Waals surface area contributed by atoms with Crippen molar-refractivity contribution in [1.29, 1.82) is 0 Å². The van der Waals surface area contributed by atoms with Crippen LogP contribution < -0.4 is 10.6 Å². The summed E-state index contributed by atoms with van der Waals surface area (Å²) in [5.41, 5.74) is 1.05. The van der Waals surface area contributed by atoms with Crippen molar-refractivity contribution in [2.24, 2.45) is 5.92 Å². The summed E-state index contributed by atoms with van der Waals surface area (Å²) in [6.45, 7) is 5.01. The minimum absolute atomic E-state index is 0.0593. The summed E-state index contributed by atoms with van der Waals surface area (Å²) in [7, 11) is 0. The van der Waals surface area contributed by atoms with Crippen LogP contribution in [0.4, 0.5) is 5.69 Å². The highest BCUT2D eigenvalue weighted by atomic mass is 16.5. The molecule has 20 heavy (non-hydrogen) atoms. The maximum Gasteiger partial charge on any atom is 0.338 e. The number of ether oxygens (including phenoxy) is 1. The van der Waals surface area contributed by atoms with E-state index in [1.807, 2.05) is 0 Å². The lowest BCUT2D eigenvalue weighted by Crippen LogP contribution is -2.39. The Balaban J connectivity index is 2.04. The summed E-state index contributed by atoms with van der Waals surface area (Å²) in [6, 6.07) is 6.63. The predicted octanol–water partition coefficient (Wildman–Crippen LogP) is 1.80. The number of carbonyl (C=O) groups is 2. The molecule has 108 valence electrons. The van der Waals surface area contributed by atoms with Crippen molar-refractivity contribution in [1.82, 2.24) is 5.32 Å². The summed E-state index contributed by atoms with van der Waals surface area (Å²) >= 11 is 0. The number of anilines is 1. The molecule has 0 spiro atoms. The van der Waals surface area contributed by atoms with Crippen molar-refractivity contribution >= 4 is 17.6 Å². The first-order chi connectivity index (χ1) is 9.61. The molecule has 1 fully saturated rings. The predicted molar refractivity (Wildman–Crippen MR) is 76.6 cm³/mol. The molecule has 1 aromatic rings. The summed E-state index contributed by atoms with van der Waals surface area (Å²) in [5, 5.41) is 6.02. The first-order valence-corrected chi connectivity index (χ1v) is 6.93. The van der Waals surface area contributed by atoms with E-state index in [-0.39, 0.29) is 17.9 Å². The van der Waals surface area contributed by atoms with Crippen LogP contribution in [0, 0.1) is 5.92 Å². The van der Waals surface area contributed by atoms with Crippen molar-refractivity contribution in [3.8, 4) is 0 Å². The standard InChI is InChI=1S/C15H20N2O3/c1-3-20-15(19)11-5-4-6-12(9-11)17-14(18)13-10(2)7-8-16-13/h4-6,9-10,13,16H,3,7-8H2,1-2H3,(H,17,18). The minimum atomic E-state index is -0.379. The second-order valence-electron chi connectivity index (χ2n) is 4.99. The van der Waals surface area contributed by atoms with Gasteiger partial charge in [-0.2, -0.15) is 0 Å². The fourth-order valence-corrected chi connectivity index (χ4v) is 2.34. The number of benzene rings is 1. The van der Waals surface area contributed by atoms with Crippen molar-refractivity contribution in [3.05, 3.63) is 29.8 Å². The molecule has 2 atom stereocenters. The largest absolute Gasteiger partial charge is 0.462 e. The Morgan fingerprint density at radius 3 is 2.90 bits per heavy atom. The van der Waals surface area contributed by atoms with Gasteiger partial charge in [-0.3, -0.25) is 4.79 Å². The first kappa shape index (κ1) is 14.5. The van der Waals surface area contributed by atoms with E-state index in [0.717, 1.165) is 13.0 Å². The van der Waals surface area contributed by atoms with Crippen molar-refractivity contribution in [2.45, 2.75) is 26.3 Å². The van der Waals surface area contributed by atoms with E-state index in [1.165, 1.54) is 0 Å². The lowest BCUT2D eigenvalue weighted by atomic mass is 10.0. The topological polar surface area (TPSA) is 67.4 Å². The highest BCUT2D eigenvalue weighted by molar-refractivity contribution is 5.97. The Labute approximate surface area is 118 Å². The summed E-state index contributed by atoms with van der Waals surface area (Å²) in [5.74, 6) is -0.116.